The number of rotatable bonds is 4. The molecule has 0 saturated heterocycles. The fraction of sp³-hybridized carbons (Fsp3) is 0.455. The first-order chi connectivity index (χ1) is 7.04. The fourth-order valence-corrected chi connectivity index (χ4v) is 2.34. The molecule has 0 aliphatic rings. The third-order valence-electron chi connectivity index (χ3n) is 2.31. The zero-order chi connectivity index (χ0) is 11.4. The Bertz CT molecular complexity index is 368. The summed E-state index contributed by atoms with van der Waals surface area (Å²) in [7, 11) is -0.899. The van der Waals surface area contributed by atoms with Crippen molar-refractivity contribution >= 4 is 22.4 Å². The van der Waals surface area contributed by atoms with E-state index < -0.39 is 10.8 Å². The van der Waals surface area contributed by atoms with Crippen molar-refractivity contribution in [2.24, 2.45) is 5.73 Å². The zero-order valence-electron chi connectivity index (χ0n) is 9.00. The van der Waals surface area contributed by atoms with Crippen LogP contribution in [0.3, 0.4) is 0 Å². The first-order valence-corrected chi connectivity index (χ1v) is 6.63. The minimum atomic E-state index is -0.899. The molecule has 0 fully saturated rings. The lowest BCUT2D eigenvalue weighted by Gasteiger charge is -2.09. The van der Waals surface area contributed by atoms with E-state index in [1.54, 1.807) is 0 Å². The van der Waals surface area contributed by atoms with Gasteiger partial charge in [-0.05, 0) is 31.0 Å². The lowest BCUT2D eigenvalue weighted by molar-refractivity contribution is 0.672. The van der Waals surface area contributed by atoms with E-state index in [1.165, 1.54) is 0 Å². The van der Waals surface area contributed by atoms with Gasteiger partial charge in [-0.3, -0.25) is 4.21 Å². The van der Waals surface area contributed by atoms with E-state index in [-0.39, 0.29) is 5.25 Å². The molecule has 0 bridgehead atoms. The monoisotopic (exact) mass is 245 g/mol. The Kier molecular flexibility index (Phi) is 4.77. The smallest absolute Gasteiger partial charge is 0.0488 e. The first kappa shape index (κ1) is 12.7. The summed E-state index contributed by atoms with van der Waals surface area (Å²) >= 11 is 5.91. The van der Waals surface area contributed by atoms with Crippen molar-refractivity contribution in [1.29, 1.82) is 0 Å². The van der Waals surface area contributed by atoms with Gasteiger partial charge in [-0.2, -0.15) is 0 Å². The van der Waals surface area contributed by atoms with Crippen molar-refractivity contribution < 1.29 is 4.21 Å². The summed E-state index contributed by atoms with van der Waals surface area (Å²) in [6.07, 6.45) is 0. The van der Waals surface area contributed by atoms with Gasteiger partial charge in [0.2, 0.25) is 0 Å². The predicted octanol–water partition coefficient (Wildman–Crippen LogP) is 2.24. The Labute approximate surface area is 98.3 Å². The molecule has 15 heavy (non-hydrogen) atoms. The molecular formula is C11H16ClNOS. The van der Waals surface area contributed by atoms with E-state index in [9.17, 15) is 4.21 Å². The second-order valence-electron chi connectivity index (χ2n) is 3.65. The Morgan fingerprint density at radius 2 is 2.20 bits per heavy atom. The third-order valence-corrected chi connectivity index (χ3v) is 4.44. The number of nitrogens with two attached hydrogens (primary N) is 1. The number of aryl methyl sites for hydroxylation is 1. The van der Waals surface area contributed by atoms with Crippen LogP contribution in [0.4, 0.5) is 0 Å². The lowest BCUT2D eigenvalue weighted by atomic mass is 10.2. The molecule has 2 nitrogen and oxygen atoms in total. The van der Waals surface area contributed by atoms with Crippen LogP contribution in [0, 0.1) is 6.92 Å². The summed E-state index contributed by atoms with van der Waals surface area (Å²) in [6, 6.07) is 5.73. The van der Waals surface area contributed by atoms with Crippen LogP contribution < -0.4 is 5.73 Å². The summed E-state index contributed by atoms with van der Waals surface area (Å²) in [5.41, 5.74) is 7.54. The van der Waals surface area contributed by atoms with Crippen molar-refractivity contribution in [1.82, 2.24) is 0 Å². The third kappa shape index (κ3) is 3.59. The van der Waals surface area contributed by atoms with Crippen LogP contribution in [0.5, 0.6) is 0 Å². The second-order valence-corrected chi connectivity index (χ2v) is 5.92. The predicted molar refractivity (Wildman–Crippen MR) is 66.6 cm³/mol. The van der Waals surface area contributed by atoms with Gasteiger partial charge in [0.25, 0.3) is 0 Å². The van der Waals surface area contributed by atoms with Crippen molar-refractivity contribution in [3.63, 3.8) is 0 Å². The summed E-state index contributed by atoms with van der Waals surface area (Å²) in [5.74, 6) is 0.552. The van der Waals surface area contributed by atoms with Gasteiger partial charge >= 0.3 is 0 Å². The maximum atomic E-state index is 11.7. The van der Waals surface area contributed by atoms with Gasteiger partial charge < -0.3 is 5.73 Å². The molecule has 1 aromatic rings. The molecule has 2 unspecified atom stereocenters. The maximum absolute atomic E-state index is 11.7. The highest BCUT2D eigenvalue weighted by atomic mass is 35.5. The van der Waals surface area contributed by atoms with Gasteiger partial charge in [0.1, 0.15) is 0 Å². The highest BCUT2D eigenvalue weighted by molar-refractivity contribution is 7.84. The van der Waals surface area contributed by atoms with Crippen LogP contribution in [-0.4, -0.2) is 16.0 Å². The minimum Gasteiger partial charge on any atom is -0.329 e. The lowest BCUT2D eigenvalue weighted by Crippen LogP contribution is -2.22. The van der Waals surface area contributed by atoms with Gasteiger partial charge in [0.05, 0.1) is 0 Å². The Morgan fingerprint density at radius 3 is 2.73 bits per heavy atom. The maximum Gasteiger partial charge on any atom is 0.0488 e. The quantitative estimate of drug-likeness (QED) is 0.884. The van der Waals surface area contributed by atoms with Crippen molar-refractivity contribution in [3.8, 4) is 0 Å². The molecular weight excluding hydrogens is 230 g/mol. The van der Waals surface area contributed by atoms with Crippen LogP contribution in [0.15, 0.2) is 18.2 Å². The molecule has 0 aromatic heterocycles. The first-order valence-electron chi connectivity index (χ1n) is 4.87. The molecule has 2 N–H and O–H groups in total. The normalized spacial score (nSPS) is 14.9. The molecule has 0 aliphatic carbocycles. The van der Waals surface area contributed by atoms with E-state index in [2.05, 4.69) is 0 Å². The highest BCUT2D eigenvalue weighted by Crippen LogP contribution is 2.17. The molecule has 0 aliphatic heterocycles. The summed E-state index contributed by atoms with van der Waals surface area (Å²) in [5, 5.41) is 0.789. The molecule has 0 amide bonds. The molecule has 0 heterocycles. The van der Waals surface area contributed by atoms with Crippen LogP contribution in [-0.2, 0) is 16.6 Å². The molecule has 0 spiro atoms. The Morgan fingerprint density at radius 1 is 1.53 bits per heavy atom. The number of hydrogen-bond acceptors (Lipinski definition) is 2. The van der Waals surface area contributed by atoms with Gasteiger partial charge in [0, 0.05) is 33.4 Å². The van der Waals surface area contributed by atoms with Crippen LogP contribution >= 0.6 is 11.6 Å². The molecule has 0 radical (unpaired) electrons. The van der Waals surface area contributed by atoms with E-state index in [0.717, 1.165) is 16.1 Å². The molecule has 1 rings (SSSR count). The van der Waals surface area contributed by atoms with Crippen molar-refractivity contribution in [3.05, 3.63) is 34.3 Å². The SMILES string of the molecule is Cc1cc(CS(=O)C(C)CN)ccc1Cl. The highest BCUT2D eigenvalue weighted by Gasteiger charge is 2.10. The number of halogens is 1. The number of benzene rings is 1. The topological polar surface area (TPSA) is 43.1 Å². The Hall–Kier alpha value is -0.380. The molecule has 84 valence electrons. The van der Waals surface area contributed by atoms with Crippen LogP contribution in [0.2, 0.25) is 5.02 Å². The zero-order valence-corrected chi connectivity index (χ0v) is 10.6. The van der Waals surface area contributed by atoms with Gasteiger partial charge in [-0.1, -0.05) is 23.7 Å². The minimum absolute atomic E-state index is 0.0426. The van der Waals surface area contributed by atoms with Gasteiger partial charge in [-0.25, -0.2) is 0 Å². The second kappa shape index (κ2) is 5.64. The molecule has 1 aromatic carbocycles. The average molecular weight is 246 g/mol. The summed E-state index contributed by atoms with van der Waals surface area (Å²) in [6.45, 7) is 4.30. The largest absolute Gasteiger partial charge is 0.329 e. The molecule has 0 saturated carbocycles. The van der Waals surface area contributed by atoms with Crippen molar-refractivity contribution in [2.75, 3.05) is 6.54 Å². The standard InChI is InChI=1S/C11H16ClNOS/c1-8-5-10(3-4-11(8)12)7-15(14)9(2)6-13/h3-5,9H,6-7,13H2,1-2H3. The summed E-state index contributed by atoms with van der Waals surface area (Å²) < 4.78 is 11.7. The molecule has 2 atom stereocenters. The van der Waals surface area contributed by atoms with Crippen LogP contribution in [0.1, 0.15) is 18.1 Å². The molecule has 4 heteroatoms. The van der Waals surface area contributed by atoms with E-state index >= 15 is 0 Å². The Balaban J connectivity index is 2.73. The number of hydrogen-bond donors (Lipinski definition) is 1. The van der Waals surface area contributed by atoms with Gasteiger partial charge in [0.15, 0.2) is 0 Å². The van der Waals surface area contributed by atoms with E-state index in [1.807, 2.05) is 32.0 Å². The van der Waals surface area contributed by atoms with Crippen molar-refractivity contribution in [2.45, 2.75) is 24.9 Å². The fourth-order valence-electron chi connectivity index (χ4n) is 1.21. The van der Waals surface area contributed by atoms with E-state index in [0.29, 0.717) is 12.3 Å². The summed E-state index contributed by atoms with van der Waals surface area (Å²) in [4.78, 5) is 0. The van der Waals surface area contributed by atoms with E-state index in [4.69, 9.17) is 17.3 Å². The van der Waals surface area contributed by atoms with Gasteiger partial charge in [-0.15, -0.1) is 0 Å². The average Bonchev–Trinajstić information content (AvgIpc) is 2.22. The van der Waals surface area contributed by atoms with Crippen LogP contribution in [0.25, 0.3) is 0 Å².